The maximum Gasteiger partial charge on any atom is 0.410 e. The molecule has 122 valence electrons. The summed E-state index contributed by atoms with van der Waals surface area (Å²) < 4.78 is 5.26. The van der Waals surface area contributed by atoms with Crippen LogP contribution >= 0.6 is 0 Å². The van der Waals surface area contributed by atoms with E-state index in [1.807, 2.05) is 0 Å². The standard InChI is InChI=1S/C14H26N2O5/c1-13(2,3)21-12(20)16-9-14(10-16,8-11(18)19)15-6-4-5-7-17/h15,17H,4-10H2,1-3H3,(H,18,19). The number of likely N-dealkylation sites (tertiary alicyclic amines) is 1. The summed E-state index contributed by atoms with van der Waals surface area (Å²) in [7, 11) is 0. The lowest BCUT2D eigenvalue weighted by atomic mass is 9.86. The highest BCUT2D eigenvalue weighted by molar-refractivity contribution is 5.73. The average Bonchev–Trinajstić information content (AvgIpc) is 2.27. The van der Waals surface area contributed by atoms with Gasteiger partial charge in [0.15, 0.2) is 0 Å². The van der Waals surface area contributed by atoms with Gasteiger partial charge in [-0.15, -0.1) is 0 Å². The van der Waals surface area contributed by atoms with Gasteiger partial charge in [-0.05, 0) is 40.2 Å². The highest BCUT2D eigenvalue weighted by Crippen LogP contribution is 2.26. The quantitative estimate of drug-likeness (QED) is 0.602. The summed E-state index contributed by atoms with van der Waals surface area (Å²) in [5.41, 5.74) is -1.14. The van der Waals surface area contributed by atoms with E-state index in [1.54, 1.807) is 20.8 Å². The number of carbonyl (C=O) groups excluding carboxylic acids is 1. The fourth-order valence-electron chi connectivity index (χ4n) is 2.31. The molecule has 21 heavy (non-hydrogen) atoms. The Morgan fingerprint density at radius 2 is 1.90 bits per heavy atom. The maximum atomic E-state index is 11.9. The van der Waals surface area contributed by atoms with E-state index in [4.69, 9.17) is 14.9 Å². The van der Waals surface area contributed by atoms with Crippen LogP contribution < -0.4 is 5.32 Å². The molecule has 1 saturated heterocycles. The third-order valence-electron chi connectivity index (χ3n) is 3.21. The number of nitrogens with one attached hydrogen (secondary N) is 1. The summed E-state index contributed by atoms with van der Waals surface area (Å²) in [6, 6.07) is 0. The maximum absolute atomic E-state index is 11.9. The molecule has 0 saturated carbocycles. The normalized spacial score (nSPS) is 17.2. The second-order valence-corrected chi connectivity index (χ2v) is 6.54. The van der Waals surface area contributed by atoms with Crippen molar-refractivity contribution in [3.8, 4) is 0 Å². The monoisotopic (exact) mass is 302 g/mol. The van der Waals surface area contributed by atoms with Gasteiger partial charge in [-0.3, -0.25) is 4.79 Å². The highest BCUT2D eigenvalue weighted by atomic mass is 16.6. The van der Waals surface area contributed by atoms with Gasteiger partial charge in [-0.25, -0.2) is 4.79 Å². The lowest BCUT2D eigenvalue weighted by Gasteiger charge is -2.49. The van der Waals surface area contributed by atoms with Crippen LogP contribution in [0.15, 0.2) is 0 Å². The van der Waals surface area contributed by atoms with Gasteiger partial charge in [-0.1, -0.05) is 0 Å². The molecular weight excluding hydrogens is 276 g/mol. The van der Waals surface area contributed by atoms with Crippen LogP contribution in [0.3, 0.4) is 0 Å². The molecular formula is C14H26N2O5. The van der Waals surface area contributed by atoms with Crippen molar-refractivity contribution in [1.29, 1.82) is 0 Å². The second kappa shape index (κ2) is 7.09. The van der Waals surface area contributed by atoms with E-state index in [-0.39, 0.29) is 13.0 Å². The lowest BCUT2D eigenvalue weighted by molar-refractivity contribution is -0.141. The Hall–Kier alpha value is -1.34. The summed E-state index contributed by atoms with van der Waals surface area (Å²) in [5, 5.41) is 21.0. The van der Waals surface area contributed by atoms with E-state index in [0.717, 1.165) is 6.42 Å². The van der Waals surface area contributed by atoms with Crippen LogP contribution in [0.2, 0.25) is 0 Å². The summed E-state index contributed by atoms with van der Waals surface area (Å²) >= 11 is 0. The van der Waals surface area contributed by atoms with E-state index in [0.29, 0.717) is 26.1 Å². The van der Waals surface area contributed by atoms with E-state index < -0.39 is 23.2 Å². The number of carboxylic acids is 1. The molecule has 1 heterocycles. The lowest BCUT2D eigenvalue weighted by Crippen LogP contribution is -2.71. The molecule has 1 fully saturated rings. The summed E-state index contributed by atoms with van der Waals surface area (Å²) in [5.74, 6) is -0.895. The zero-order valence-electron chi connectivity index (χ0n) is 13.0. The van der Waals surface area contributed by atoms with Crippen molar-refractivity contribution in [3.63, 3.8) is 0 Å². The Morgan fingerprint density at radius 1 is 1.29 bits per heavy atom. The number of nitrogens with zero attached hydrogens (tertiary/aromatic N) is 1. The minimum absolute atomic E-state index is 0.0363. The van der Waals surface area contributed by atoms with Crippen molar-refractivity contribution in [3.05, 3.63) is 0 Å². The van der Waals surface area contributed by atoms with Gasteiger partial charge in [0.25, 0.3) is 0 Å². The third-order valence-corrected chi connectivity index (χ3v) is 3.21. The van der Waals surface area contributed by atoms with E-state index >= 15 is 0 Å². The predicted molar refractivity (Wildman–Crippen MR) is 77.1 cm³/mol. The molecule has 7 nitrogen and oxygen atoms in total. The summed E-state index contributed by atoms with van der Waals surface area (Å²) in [6.07, 6.45) is 0.988. The molecule has 0 spiro atoms. The predicted octanol–water partition coefficient (Wildman–Crippen LogP) is 0.813. The molecule has 0 aromatic carbocycles. The molecule has 1 amide bonds. The van der Waals surface area contributed by atoms with Crippen LogP contribution in [0.25, 0.3) is 0 Å². The first kappa shape index (κ1) is 17.7. The fraction of sp³-hybridized carbons (Fsp3) is 0.857. The van der Waals surface area contributed by atoms with Gasteiger partial charge >= 0.3 is 12.1 Å². The fourth-order valence-corrected chi connectivity index (χ4v) is 2.31. The molecule has 1 aliphatic heterocycles. The molecule has 7 heteroatoms. The van der Waals surface area contributed by atoms with Crippen LogP contribution in [0, 0.1) is 0 Å². The van der Waals surface area contributed by atoms with E-state index in [2.05, 4.69) is 5.32 Å². The molecule has 1 rings (SSSR count). The Labute approximate surface area is 125 Å². The van der Waals surface area contributed by atoms with Gasteiger partial charge in [-0.2, -0.15) is 0 Å². The first-order chi connectivity index (χ1) is 9.67. The number of carboxylic acid groups (broad SMARTS) is 1. The van der Waals surface area contributed by atoms with Crippen molar-refractivity contribution in [2.24, 2.45) is 0 Å². The van der Waals surface area contributed by atoms with Gasteiger partial charge in [0.2, 0.25) is 0 Å². The number of rotatable bonds is 7. The van der Waals surface area contributed by atoms with Gasteiger partial charge < -0.3 is 25.2 Å². The SMILES string of the molecule is CC(C)(C)OC(=O)N1CC(CC(=O)O)(NCCCCO)C1. The van der Waals surface area contributed by atoms with Crippen molar-refractivity contribution in [1.82, 2.24) is 10.2 Å². The number of hydrogen-bond acceptors (Lipinski definition) is 5. The van der Waals surface area contributed by atoms with Gasteiger partial charge in [0.1, 0.15) is 5.60 Å². The van der Waals surface area contributed by atoms with Crippen molar-refractivity contribution in [2.75, 3.05) is 26.2 Å². The molecule has 3 N–H and O–H groups in total. The number of aliphatic hydroxyl groups excluding tert-OH is 1. The molecule has 0 unspecified atom stereocenters. The zero-order valence-corrected chi connectivity index (χ0v) is 13.0. The zero-order chi connectivity index (χ0) is 16.1. The number of aliphatic hydroxyl groups is 1. The average molecular weight is 302 g/mol. The number of ether oxygens (including phenoxy) is 1. The first-order valence-corrected chi connectivity index (χ1v) is 7.23. The van der Waals surface area contributed by atoms with Crippen LogP contribution in [0.5, 0.6) is 0 Å². The van der Waals surface area contributed by atoms with Crippen LogP contribution in [0.1, 0.15) is 40.0 Å². The topological polar surface area (TPSA) is 99.1 Å². The summed E-state index contributed by atoms with van der Waals surface area (Å²) in [6.45, 7) is 6.78. The number of hydrogen-bond donors (Lipinski definition) is 3. The molecule has 0 aliphatic carbocycles. The third kappa shape index (κ3) is 5.89. The largest absolute Gasteiger partial charge is 0.481 e. The van der Waals surface area contributed by atoms with Gasteiger partial charge in [0.05, 0.1) is 12.0 Å². The van der Waals surface area contributed by atoms with Crippen LogP contribution in [-0.2, 0) is 9.53 Å². The molecule has 0 aromatic heterocycles. The number of carbonyl (C=O) groups is 2. The molecule has 1 aliphatic rings. The second-order valence-electron chi connectivity index (χ2n) is 6.54. The van der Waals surface area contributed by atoms with Crippen molar-refractivity contribution in [2.45, 2.75) is 51.2 Å². The first-order valence-electron chi connectivity index (χ1n) is 7.23. The van der Waals surface area contributed by atoms with E-state index in [9.17, 15) is 9.59 Å². The Bertz CT molecular complexity index is 372. The number of amides is 1. The number of unbranched alkanes of at least 4 members (excludes halogenated alkanes) is 1. The van der Waals surface area contributed by atoms with Crippen LogP contribution in [-0.4, -0.2) is 64.6 Å². The molecule has 0 atom stereocenters. The molecule has 0 bridgehead atoms. The smallest absolute Gasteiger partial charge is 0.410 e. The molecule has 0 aromatic rings. The number of aliphatic carboxylic acids is 1. The van der Waals surface area contributed by atoms with E-state index in [1.165, 1.54) is 4.90 Å². The molecule has 0 radical (unpaired) electrons. The Morgan fingerprint density at radius 3 is 2.38 bits per heavy atom. The summed E-state index contributed by atoms with van der Waals surface area (Å²) in [4.78, 5) is 24.4. The van der Waals surface area contributed by atoms with Crippen LogP contribution in [0.4, 0.5) is 4.79 Å². The highest BCUT2D eigenvalue weighted by Gasteiger charge is 2.47. The minimum atomic E-state index is -0.895. The Balaban J connectivity index is 2.49. The van der Waals surface area contributed by atoms with Gasteiger partial charge in [0, 0.05) is 19.7 Å². The Kier molecular flexibility index (Phi) is 5.98. The van der Waals surface area contributed by atoms with Crippen molar-refractivity contribution < 1.29 is 24.5 Å². The minimum Gasteiger partial charge on any atom is -0.481 e. The van der Waals surface area contributed by atoms with Crippen molar-refractivity contribution >= 4 is 12.1 Å².